The molecular weight excluding hydrogens is 314 g/mol. The van der Waals surface area contributed by atoms with Crippen molar-refractivity contribution >= 4 is 33.6 Å². The Balaban J connectivity index is 1.97. The van der Waals surface area contributed by atoms with Gasteiger partial charge in [0.25, 0.3) is 15.9 Å². The van der Waals surface area contributed by atoms with Gasteiger partial charge in [-0.15, -0.1) is 4.83 Å². The third-order valence-electron chi connectivity index (χ3n) is 2.52. The lowest BCUT2D eigenvalue weighted by Gasteiger charge is -2.07. The summed E-state index contributed by atoms with van der Waals surface area (Å²) in [5.74, 6) is -0.622. The van der Waals surface area contributed by atoms with Crippen LogP contribution >= 0.6 is 11.8 Å². The second-order valence-electron chi connectivity index (χ2n) is 4.25. The number of carbonyl (C=O) groups is 2. The zero-order valence-corrected chi connectivity index (χ0v) is 12.7. The molecule has 1 fully saturated rings. The van der Waals surface area contributed by atoms with Crippen molar-refractivity contribution in [1.82, 2.24) is 15.6 Å². The molecule has 7 nitrogen and oxygen atoms in total. The summed E-state index contributed by atoms with van der Waals surface area (Å²) in [5.41, 5.74) is 2.99. The van der Waals surface area contributed by atoms with Gasteiger partial charge in [-0.1, -0.05) is 29.5 Å². The van der Waals surface area contributed by atoms with Crippen molar-refractivity contribution in [3.05, 3.63) is 40.9 Å². The highest BCUT2D eigenvalue weighted by Gasteiger charge is 2.17. The molecular formula is C12H13N3O4S2. The van der Waals surface area contributed by atoms with Gasteiger partial charge in [-0.3, -0.25) is 15.0 Å². The third kappa shape index (κ3) is 4.31. The van der Waals surface area contributed by atoms with Crippen molar-refractivity contribution in [2.45, 2.75) is 11.8 Å². The van der Waals surface area contributed by atoms with E-state index in [0.717, 1.165) is 11.6 Å². The number of thioether (sulfide) groups is 1. The van der Waals surface area contributed by atoms with Gasteiger partial charge >= 0.3 is 0 Å². The molecule has 0 unspecified atom stereocenters. The minimum atomic E-state index is -3.82. The first-order valence-electron chi connectivity index (χ1n) is 5.89. The molecule has 0 saturated carbocycles. The molecule has 2 rings (SSSR count). The Kier molecular flexibility index (Phi) is 4.66. The Bertz CT molecular complexity index is 696. The number of hydrogen-bond donors (Lipinski definition) is 3. The monoisotopic (exact) mass is 327 g/mol. The lowest BCUT2D eigenvalue weighted by molar-refractivity contribution is -0.117. The predicted molar refractivity (Wildman–Crippen MR) is 78.3 cm³/mol. The second-order valence-corrected chi connectivity index (χ2v) is 6.95. The number of hydrazine groups is 1. The maximum absolute atomic E-state index is 11.9. The molecule has 9 heteroatoms. The van der Waals surface area contributed by atoms with Gasteiger partial charge in [-0.25, -0.2) is 8.42 Å². The molecule has 1 saturated heterocycles. The smallest absolute Gasteiger partial charge is 0.261 e. The lowest BCUT2D eigenvalue weighted by Crippen LogP contribution is -2.41. The van der Waals surface area contributed by atoms with Crippen LogP contribution in [0.3, 0.4) is 0 Å². The largest absolute Gasteiger partial charge is 0.320 e. The molecule has 1 aromatic carbocycles. The van der Waals surface area contributed by atoms with Gasteiger partial charge in [0.2, 0.25) is 5.91 Å². The SMILES string of the molecule is Cc1ccc(S(=O)(=O)NNC(=O)/C=C2/NC(=O)CS2)cc1. The number of benzene rings is 1. The van der Waals surface area contributed by atoms with Crippen LogP contribution in [0.4, 0.5) is 0 Å². The first-order valence-corrected chi connectivity index (χ1v) is 8.36. The molecule has 21 heavy (non-hydrogen) atoms. The predicted octanol–water partition coefficient (Wildman–Crippen LogP) is 0.00892. The van der Waals surface area contributed by atoms with Crippen molar-refractivity contribution in [3.8, 4) is 0 Å². The number of carbonyl (C=O) groups excluding carboxylic acids is 2. The van der Waals surface area contributed by atoms with Crippen molar-refractivity contribution in [1.29, 1.82) is 0 Å². The van der Waals surface area contributed by atoms with E-state index in [-0.39, 0.29) is 16.6 Å². The maximum Gasteiger partial charge on any atom is 0.261 e. The summed E-state index contributed by atoms with van der Waals surface area (Å²) in [7, 11) is -3.82. The number of hydrogen-bond acceptors (Lipinski definition) is 5. The van der Waals surface area contributed by atoms with Gasteiger partial charge in [0.1, 0.15) is 0 Å². The molecule has 1 heterocycles. The highest BCUT2D eigenvalue weighted by molar-refractivity contribution is 8.04. The molecule has 1 aromatic rings. The van der Waals surface area contributed by atoms with Crippen molar-refractivity contribution in [2.24, 2.45) is 0 Å². The fourth-order valence-corrected chi connectivity index (χ4v) is 3.06. The average Bonchev–Trinajstić information content (AvgIpc) is 2.82. The van der Waals surface area contributed by atoms with Crippen molar-refractivity contribution in [2.75, 3.05) is 5.75 Å². The van der Waals surface area contributed by atoms with Gasteiger partial charge in [0.15, 0.2) is 0 Å². The number of sulfonamides is 1. The van der Waals surface area contributed by atoms with Gasteiger partial charge < -0.3 is 5.32 Å². The molecule has 2 amide bonds. The fourth-order valence-electron chi connectivity index (χ4n) is 1.48. The number of amides is 2. The van der Waals surface area contributed by atoms with Crippen LogP contribution in [0.15, 0.2) is 40.3 Å². The Morgan fingerprint density at radius 3 is 2.57 bits per heavy atom. The van der Waals surface area contributed by atoms with Crippen LogP contribution < -0.4 is 15.6 Å². The lowest BCUT2D eigenvalue weighted by atomic mass is 10.2. The summed E-state index contributed by atoms with van der Waals surface area (Å²) >= 11 is 1.17. The molecule has 0 atom stereocenters. The van der Waals surface area contributed by atoms with E-state index in [9.17, 15) is 18.0 Å². The quantitative estimate of drug-likeness (QED) is 0.534. The highest BCUT2D eigenvalue weighted by atomic mass is 32.2. The molecule has 0 aliphatic carbocycles. The van der Waals surface area contributed by atoms with Crippen molar-refractivity contribution < 1.29 is 18.0 Å². The minimum absolute atomic E-state index is 0.0459. The van der Waals surface area contributed by atoms with Gasteiger partial charge in [0.05, 0.1) is 15.7 Å². The van der Waals surface area contributed by atoms with E-state index >= 15 is 0 Å². The van der Waals surface area contributed by atoms with E-state index in [1.807, 2.05) is 11.8 Å². The van der Waals surface area contributed by atoms with Gasteiger partial charge in [0, 0.05) is 6.08 Å². The van der Waals surface area contributed by atoms with Gasteiger partial charge in [-0.2, -0.15) is 0 Å². The van der Waals surface area contributed by atoms with Crippen LogP contribution in [-0.4, -0.2) is 26.0 Å². The van der Waals surface area contributed by atoms with E-state index in [1.54, 1.807) is 12.1 Å². The summed E-state index contributed by atoms with van der Waals surface area (Å²) < 4.78 is 23.8. The molecule has 1 aliphatic heterocycles. The van der Waals surface area contributed by atoms with E-state index in [2.05, 4.69) is 10.7 Å². The highest BCUT2D eigenvalue weighted by Crippen LogP contribution is 2.17. The molecule has 3 N–H and O–H groups in total. The maximum atomic E-state index is 11.9. The van der Waals surface area contributed by atoms with Crippen LogP contribution in [0.1, 0.15) is 5.56 Å². The van der Waals surface area contributed by atoms with E-state index in [1.165, 1.54) is 23.9 Å². The third-order valence-corrected chi connectivity index (χ3v) is 4.72. The molecule has 112 valence electrons. The molecule has 0 bridgehead atoms. The average molecular weight is 327 g/mol. The Labute approximate surface area is 126 Å². The van der Waals surface area contributed by atoms with Crippen LogP contribution in [0.5, 0.6) is 0 Å². The van der Waals surface area contributed by atoms with Crippen molar-refractivity contribution in [3.63, 3.8) is 0 Å². The fraction of sp³-hybridized carbons (Fsp3) is 0.167. The zero-order valence-electron chi connectivity index (χ0n) is 11.0. The van der Waals surface area contributed by atoms with E-state index < -0.39 is 15.9 Å². The van der Waals surface area contributed by atoms with E-state index in [4.69, 9.17) is 0 Å². The number of rotatable bonds is 4. The summed E-state index contributed by atoms with van der Waals surface area (Å²) in [6.45, 7) is 1.84. The molecule has 0 radical (unpaired) electrons. The first-order chi connectivity index (χ1) is 9.87. The van der Waals surface area contributed by atoms with Crippen LogP contribution in [0.25, 0.3) is 0 Å². The summed E-state index contributed by atoms with van der Waals surface area (Å²) in [5, 5.41) is 2.85. The minimum Gasteiger partial charge on any atom is -0.320 e. The first kappa shape index (κ1) is 15.5. The molecule has 1 aliphatic rings. The molecule has 0 aromatic heterocycles. The Morgan fingerprint density at radius 2 is 2.00 bits per heavy atom. The topological polar surface area (TPSA) is 104 Å². The normalized spacial score (nSPS) is 16.8. The summed E-state index contributed by atoms with van der Waals surface area (Å²) in [6.07, 6.45) is 1.12. The summed E-state index contributed by atoms with van der Waals surface area (Å²) in [6, 6.07) is 6.19. The molecule has 0 spiro atoms. The summed E-state index contributed by atoms with van der Waals surface area (Å²) in [4.78, 5) is 24.5. The Hall–Kier alpha value is -1.84. The van der Waals surface area contributed by atoms with Gasteiger partial charge in [-0.05, 0) is 19.1 Å². The zero-order chi connectivity index (χ0) is 15.5. The van der Waals surface area contributed by atoms with E-state index in [0.29, 0.717) is 5.03 Å². The second kappa shape index (κ2) is 6.29. The number of nitrogens with one attached hydrogen (secondary N) is 3. The van der Waals surface area contributed by atoms with Crippen LogP contribution in [0, 0.1) is 6.92 Å². The van der Waals surface area contributed by atoms with Crippen LogP contribution in [-0.2, 0) is 19.6 Å². The standard InChI is InChI=1S/C12H13N3O4S2/c1-8-2-4-9(5-3-8)21(18,19)15-14-10(16)6-12-13-11(17)7-20-12/h2-6,15H,7H2,1H3,(H,13,17)(H,14,16)/b12-6-. The Morgan fingerprint density at radius 1 is 1.33 bits per heavy atom. The number of aryl methyl sites for hydroxylation is 1. The van der Waals surface area contributed by atoms with Crippen LogP contribution in [0.2, 0.25) is 0 Å².